The van der Waals surface area contributed by atoms with Gasteiger partial charge in [0, 0.05) is 48.6 Å². The van der Waals surface area contributed by atoms with E-state index >= 15 is 0 Å². The molecule has 0 saturated carbocycles. The first-order valence-corrected chi connectivity index (χ1v) is 11.6. The molecule has 1 amide bonds. The minimum absolute atomic E-state index is 0.226. The van der Waals surface area contributed by atoms with Crippen LogP contribution in [0.2, 0.25) is 0 Å². The van der Waals surface area contributed by atoms with Gasteiger partial charge >= 0.3 is 0 Å². The van der Waals surface area contributed by atoms with Crippen molar-refractivity contribution in [2.24, 2.45) is 0 Å². The number of H-pyrrole nitrogens is 1. The molecule has 0 bridgehead atoms. The molecular formula is C27H29N3O3. The molecule has 33 heavy (non-hydrogen) atoms. The van der Waals surface area contributed by atoms with E-state index < -0.39 is 0 Å². The molecule has 4 aromatic rings. The predicted molar refractivity (Wildman–Crippen MR) is 128 cm³/mol. The Morgan fingerprint density at radius 2 is 2.00 bits per heavy atom. The quantitative estimate of drug-likeness (QED) is 0.406. The molecule has 2 aromatic heterocycles. The van der Waals surface area contributed by atoms with Gasteiger partial charge in [-0.05, 0) is 48.9 Å². The lowest BCUT2D eigenvalue weighted by Crippen LogP contribution is -2.37. The number of piperidine rings is 1. The molecule has 1 saturated heterocycles. The van der Waals surface area contributed by atoms with Crippen molar-refractivity contribution in [1.82, 2.24) is 14.9 Å². The molecule has 0 radical (unpaired) electrons. The molecule has 1 fully saturated rings. The van der Waals surface area contributed by atoms with Crippen molar-refractivity contribution in [2.75, 3.05) is 20.2 Å². The van der Waals surface area contributed by atoms with E-state index in [4.69, 9.17) is 9.15 Å². The summed E-state index contributed by atoms with van der Waals surface area (Å²) in [5, 5.41) is 1.22. The van der Waals surface area contributed by atoms with Crippen LogP contribution in [0.4, 0.5) is 0 Å². The first kappa shape index (κ1) is 21.3. The van der Waals surface area contributed by atoms with Gasteiger partial charge in [0.25, 0.3) is 0 Å². The lowest BCUT2D eigenvalue weighted by Gasteiger charge is -2.32. The van der Waals surface area contributed by atoms with Gasteiger partial charge in [-0.25, -0.2) is 4.98 Å². The van der Waals surface area contributed by atoms with Gasteiger partial charge in [0.15, 0.2) is 11.7 Å². The average Bonchev–Trinajstić information content (AvgIpc) is 3.51. The number of aromatic nitrogens is 2. The molecule has 0 atom stereocenters. The van der Waals surface area contributed by atoms with Crippen LogP contribution >= 0.6 is 0 Å². The van der Waals surface area contributed by atoms with Gasteiger partial charge in [-0.1, -0.05) is 30.3 Å². The van der Waals surface area contributed by atoms with E-state index in [0.29, 0.717) is 24.7 Å². The van der Waals surface area contributed by atoms with Crippen molar-refractivity contribution in [3.05, 3.63) is 72.4 Å². The number of nitrogens with zero attached hydrogens (tertiary/aromatic N) is 2. The number of rotatable bonds is 7. The minimum atomic E-state index is 0.226. The molecule has 3 heterocycles. The van der Waals surface area contributed by atoms with Crippen molar-refractivity contribution in [2.45, 2.75) is 38.0 Å². The SMILES string of the molecule is COc1ccc2[nH]cc(C3CCN(C(=O)CCCc4ncc(-c5ccccc5)o4)CC3)c2c1. The fourth-order valence-electron chi connectivity index (χ4n) is 4.74. The predicted octanol–water partition coefficient (Wildman–Crippen LogP) is 5.56. The fraction of sp³-hybridized carbons (Fsp3) is 0.333. The number of fused-ring (bicyclic) bond motifs is 1. The third kappa shape index (κ3) is 4.65. The molecule has 0 spiro atoms. The lowest BCUT2D eigenvalue weighted by molar-refractivity contribution is -0.132. The van der Waals surface area contributed by atoms with Crippen molar-refractivity contribution < 1.29 is 13.9 Å². The van der Waals surface area contributed by atoms with Gasteiger partial charge in [0.1, 0.15) is 5.75 Å². The second-order valence-corrected chi connectivity index (χ2v) is 8.65. The number of benzene rings is 2. The number of carbonyl (C=O) groups excluding carboxylic acids is 1. The van der Waals surface area contributed by atoms with E-state index in [1.165, 1.54) is 10.9 Å². The zero-order chi connectivity index (χ0) is 22.6. The van der Waals surface area contributed by atoms with Crippen molar-refractivity contribution in [1.29, 1.82) is 0 Å². The Hall–Kier alpha value is -3.54. The normalized spacial score (nSPS) is 14.6. The highest BCUT2D eigenvalue weighted by Crippen LogP contribution is 2.35. The number of aromatic amines is 1. The third-order valence-corrected chi connectivity index (χ3v) is 6.60. The van der Waals surface area contributed by atoms with Crippen LogP contribution in [0.25, 0.3) is 22.2 Å². The maximum absolute atomic E-state index is 12.8. The molecule has 2 aromatic carbocycles. The van der Waals surface area contributed by atoms with E-state index in [1.807, 2.05) is 41.3 Å². The van der Waals surface area contributed by atoms with Crippen LogP contribution < -0.4 is 4.74 Å². The van der Waals surface area contributed by atoms with Crippen LogP contribution in [0.3, 0.4) is 0 Å². The summed E-state index contributed by atoms with van der Waals surface area (Å²) in [5.74, 6) is 3.02. The van der Waals surface area contributed by atoms with Crippen molar-refractivity contribution in [3.8, 4) is 17.1 Å². The number of likely N-dealkylation sites (tertiary alicyclic amines) is 1. The first-order chi connectivity index (χ1) is 16.2. The second-order valence-electron chi connectivity index (χ2n) is 8.65. The molecule has 6 heteroatoms. The van der Waals surface area contributed by atoms with E-state index in [0.717, 1.165) is 54.9 Å². The lowest BCUT2D eigenvalue weighted by atomic mass is 9.89. The molecule has 0 unspecified atom stereocenters. The van der Waals surface area contributed by atoms with Gasteiger partial charge in [-0.15, -0.1) is 0 Å². The Balaban J connectivity index is 1.11. The highest BCUT2D eigenvalue weighted by molar-refractivity contribution is 5.85. The number of hydrogen-bond donors (Lipinski definition) is 1. The Bertz CT molecular complexity index is 1220. The van der Waals surface area contributed by atoms with Crippen LogP contribution in [0.5, 0.6) is 5.75 Å². The van der Waals surface area contributed by atoms with Gasteiger partial charge in [0.05, 0.1) is 13.3 Å². The molecule has 170 valence electrons. The summed E-state index contributed by atoms with van der Waals surface area (Å²) in [6.07, 6.45) is 7.79. The Labute approximate surface area is 193 Å². The smallest absolute Gasteiger partial charge is 0.222 e. The number of ether oxygens (including phenoxy) is 1. The zero-order valence-electron chi connectivity index (χ0n) is 18.9. The third-order valence-electron chi connectivity index (χ3n) is 6.60. The second kappa shape index (κ2) is 9.53. The number of nitrogens with one attached hydrogen (secondary N) is 1. The zero-order valence-corrected chi connectivity index (χ0v) is 18.9. The molecule has 1 aliphatic rings. The summed E-state index contributed by atoms with van der Waals surface area (Å²) >= 11 is 0. The van der Waals surface area contributed by atoms with Gasteiger partial charge in [-0.3, -0.25) is 4.79 Å². The highest BCUT2D eigenvalue weighted by atomic mass is 16.5. The summed E-state index contributed by atoms with van der Waals surface area (Å²) in [7, 11) is 1.70. The number of hydrogen-bond acceptors (Lipinski definition) is 4. The number of methoxy groups -OCH3 is 1. The van der Waals surface area contributed by atoms with E-state index in [2.05, 4.69) is 28.3 Å². The number of aryl methyl sites for hydroxylation is 1. The Morgan fingerprint density at radius 3 is 2.79 bits per heavy atom. The van der Waals surface area contributed by atoms with Gasteiger partial charge in [-0.2, -0.15) is 0 Å². The van der Waals surface area contributed by atoms with E-state index in [9.17, 15) is 4.79 Å². The van der Waals surface area contributed by atoms with Crippen LogP contribution in [-0.4, -0.2) is 41.0 Å². The maximum Gasteiger partial charge on any atom is 0.222 e. The summed E-state index contributed by atoms with van der Waals surface area (Å²) in [6.45, 7) is 1.61. The van der Waals surface area contributed by atoms with E-state index in [-0.39, 0.29) is 5.91 Å². The molecular weight excluding hydrogens is 414 g/mol. The van der Waals surface area contributed by atoms with E-state index in [1.54, 1.807) is 13.3 Å². The molecule has 0 aliphatic carbocycles. The standard InChI is InChI=1S/C27H29N3O3/c1-32-21-10-11-24-22(16-21)23(17-28-24)19-12-14-30(15-13-19)27(31)9-5-8-26-29-18-25(33-26)20-6-3-2-4-7-20/h2-4,6-7,10-11,16-19,28H,5,8-9,12-15H2,1H3. The first-order valence-electron chi connectivity index (χ1n) is 11.6. The maximum atomic E-state index is 12.8. The van der Waals surface area contributed by atoms with Crippen LogP contribution in [-0.2, 0) is 11.2 Å². The number of amides is 1. The molecule has 5 rings (SSSR count). The topological polar surface area (TPSA) is 71.4 Å². The Kier molecular flexibility index (Phi) is 6.15. The minimum Gasteiger partial charge on any atom is -0.497 e. The number of oxazole rings is 1. The monoisotopic (exact) mass is 443 g/mol. The molecule has 1 aliphatic heterocycles. The summed E-state index contributed by atoms with van der Waals surface area (Å²) in [6, 6.07) is 16.1. The fourth-order valence-corrected chi connectivity index (χ4v) is 4.74. The highest BCUT2D eigenvalue weighted by Gasteiger charge is 2.25. The largest absolute Gasteiger partial charge is 0.497 e. The summed E-state index contributed by atoms with van der Waals surface area (Å²) in [4.78, 5) is 22.5. The number of carbonyl (C=O) groups is 1. The molecule has 1 N–H and O–H groups in total. The van der Waals surface area contributed by atoms with Crippen molar-refractivity contribution >= 4 is 16.8 Å². The van der Waals surface area contributed by atoms with Crippen molar-refractivity contribution in [3.63, 3.8) is 0 Å². The van der Waals surface area contributed by atoms with Crippen LogP contribution in [0.15, 0.2) is 65.3 Å². The molecule has 6 nitrogen and oxygen atoms in total. The van der Waals surface area contributed by atoms with Crippen LogP contribution in [0.1, 0.15) is 43.1 Å². The Morgan fingerprint density at radius 1 is 1.18 bits per heavy atom. The van der Waals surface area contributed by atoms with Gasteiger partial charge < -0.3 is 19.0 Å². The summed E-state index contributed by atoms with van der Waals surface area (Å²) < 4.78 is 11.3. The van der Waals surface area contributed by atoms with Gasteiger partial charge in [0.2, 0.25) is 5.91 Å². The van der Waals surface area contributed by atoms with Crippen LogP contribution in [0, 0.1) is 0 Å². The average molecular weight is 444 g/mol. The summed E-state index contributed by atoms with van der Waals surface area (Å²) in [5.41, 5.74) is 3.48.